The van der Waals surface area contributed by atoms with Crippen molar-refractivity contribution >= 4 is 17.1 Å². The minimum absolute atomic E-state index is 0.133. The molecule has 0 spiro atoms. The molecule has 0 aromatic carbocycles. The zero-order chi connectivity index (χ0) is 18.5. The Labute approximate surface area is 152 Å². The van der Waals surface area contributed by atoms with Gasteiger partial charge in [0, 0.05) is 24.0 Å². The molecule has 7 heteroatoms. The number of hydrogen-bond acceptors (Lipinski definition) is 4. The maximum Gasteiger partial charge on any atom is 0.252 e. The normalized spacial score (nSPS) is 22.0. The molecule has 1 unspecified atom stereocenters. The van der Waals surface area contributed by atoms with Crippen molar-refractivity contribution in [1.29, 1.82) is 0 Å². The number of amides is 1. The maximum absolute atomic E-state index is 12.0. The fraction of sp³-hybridized carbons (Fsp3) is 0.421. The first-order chi connectivity index (χ1) is 12.4. The first-order valence-electron chi connectivity index (χ1n) is 8.95. The van der Waals surface area contributed by atoms with Gasteiger partial charge in [-0.2, -0.15) is 10.2 Å². The number of aromatic amines is 1. The topological polar surface area (TPSA) is 101 Å². The molecule has 4 rings (SSSR count). The van der Waals surface area contributed by atoms with Crippen molar-refractivity contribution < 1.29 is 4.79 Å². The highest BCUT2D eigenvalue weighted by atomic mass is 16.1. The summed E-state index contributed by atoms with van der Waals surface area (Å²) >= 11 is 0. The highest BCUT2D eigenvalue weighted by Gasteiger charge is 2.41. The highest BCUT2D eigenvalue weighted by molar-refractivity contribution is 6.02. The summed E-state index contributed by atoms with van der Waals surface area (Å²) in [5, 5.41) is 14.9. The van der Waals surface area contributed by atoms with E-state index in [0.29, 0.717) is 11.5 Å². The van der Waals surface area contributed by atoms with Crippen molar-refractivity contribution in [3.63, 3.8) is 0 Å². The Morgan fingerprint density at radius 1 is 1.42 bits per heavy atom. The van der Waals surface area contributed by atoms with E-state index >= 15 is 0 Å². The Morgan fingerprint density at radius 3 is 2.85 bits per heavy atom. The molecule has 1 fully saturated rings. The van der Waals surface area contributed by atoms with Crippen LogP contribution in [0.5, 0.6) is 0 Å². The lowest BCUT2D eigenvalue weighted by Gasteiger charge is -2.33. The van der Waals surface area contributed by atoms with Crippen molar-refractivity contribution in [3.8, 4) is 11.3 Å². The minimum atomic E-state index is -0.476. The van der Waals surface area contributed by atoms with Crippen LogP contribution in [-0.4, -0.2) is 31.8 Å². The van der Waals surface area contributed by atoms with Crippen molar-refractivity contribution in [3.05, 3.63) is 36.3 Å². The maximum atomic E-state index is 12.0. The van der Waals surface area contributed by atoms with Gasteiger partial charge in [-0.15, -0.1) is 0 Å². The molecular formula is C19H24N6O. The van der Waals surface area contributed by atoms with Gasteiger partial charge in [-0.05, 0) is 36.3 Å². The van der Waals surface area contributed by atoms with Gasteiger partial charge in [-0.3, -0.25) is 9.89 Å². The van der Waals surface area contributed by atoms with Gasteiger partial charge in [0.1, 0.15) is 0 Å². The number of nitrogens with zero attached hydrogens (tertiary/aromatic N) is 3. The number of nitrogens with two attached hydrogens (primary N) is 1. The molecule has 0 bridgehead atoms. The van der Waals surface area contributed by atoms with Gasteiger partial charge in [-0.1, -0.05) is 20.8 Å². The molecule has 3 heterocycles. The lowest BCUT2D eigenvalue weighted by atomic mass is 9.80. The zero-order valence-electron chi connectivity index (χ0n) is 15.3. The number of fused-ring (bicyclic) bond motifs is 1. The van der Waals surface area contributed by atoms with Gasteiger partial charge in [0.05, 0.1) is 28.7 Å². The third-order valence-electron chi connectivity index (χ3n) is 6.09. The van der Waals surface area contributed by atoms with Crippen molar-refractivity contribution in [2.45, 2.75) is 39.7 Å². The lowest BCUT2D eigenvalue weighted by molar-refractivity contribution is 0.100. The molecule has 1 saturated carbocycles. The predicted molar refractivity (Wildman–Crippen MR) is 101 cm³/mol. The van der Waals surface area contributed by atoms with Crippen LogP contribution in [0.4, 0.5) is 5.69 Å². The first-order valence-corrected chi connectivity index (χ1v) is 8.95. The summed E-state index contributed by atoms with van der Waals surface area (Å²) in [5.41, 5.74) is 9.63. The third kappa shape index (κ3) is 2.55. The van der Waals surface area contributed by atoms with E-state index in [0.717, 1.165) is 28.9 Å². The van der Waals surface area contributed by atoms with Crippen LogP contribution < -0.4 is 11.1 Å². The van der Waals surface area contributed by atoms with Crippen molar-refractivity contribution in [1.82, 2.24) is 19.8 Å². The summed E-state index contributed by atoms with van der Waals surface area (Å²) in [6.45, 7) is 6.84. The van der Waals surface area contributed by atoms with Gasteiger partial charge < -0.3 is 11.1 Å². The fourth-order valence-corrected chi connectivity index (χ4v) is 3.90. The Balaban J connectivity index is 1.83. The minimum Gasteiger partial charge on any atom is -0.379 e. The van der Waals surface area contributed by atoms with Crippen LogP contribution >= 0.6 is 0 Å². The highest BCUT2D eigenvalue weighted by Crippen LogP contribution is 2.44. The second-order valence-electron chi connectivity index (χ2n) is 7.82. The molecule has 1 aliphatic carbocycles. The smallest absolute Gasteiger partial charge is 0.252 e. The molecule has 2 atom stereocenters. The third-order valence-corrected chi connectivity index (χ3v) is 6.09. The number of primary amides is 1. The Morgan fingerprint density at radius 2 is 2.23 bits per heavy atom. The van der Waals surface area contributed by atoms with Crippen LogP contribution in [0.3, 0.4) is 0 Å². The van der Waals surface area contributed by atoms with Crippen LogP contribution in [0.25, 0.3) is 16.8 Å². The van der Waals surface area contributed by atoms with E-state index in [1.165, 1.54) is 6.42 Å². The van der Waals surface area contributed by atoms with Gasteiger partial charge in [-0.25, -0.2) is 4.52 Å². The second-order valence-corrected chi connectivity index (χ2v) is 7.82. The zero-order valence-corrected chi connectivity index (χ0v) is 15.3. The summed E-state index contributed by atoms with van der Waals surface area (Å²) in [6, 6.07) is 4.17. The quantitative estimate of drug-likeness (QED) is 0.671. The molecule has 1 aliphatic rings. The van der Waals surface area contributed by atoms with Crippen LogP contribution in [0.15, 0.2) is 30.7 Å². The van der Waals surface area contributed by atoms with E-state index in [2.05, 4.69) is 41.4 Å². The number of carbonyl (C=O) groups is 1. The number of hydrogen-bond donors (Lipinski definition) is 3. The van der Waals surface area contributed by atoms with Gasteiger partial charge >= 0.3 is 0 Å². The van der Waals surface area contributed by atoms with Crippen LogP contribution in [0, 0.1) is 11.3 Å². The van der Waals surface area contributed by atoms with Crippen LogP contribution in [-0.2, 0) is 0 Å². The largest absolute Gasteiger partial charge is 0.379 e. The summed E-state index contributed by atoms with van der Waals surface area (Å²) in [6.07, 6.45) is 7.40. The molecule has 3 aromatic heterocycles. The monoisotopic (exact) mass is 352 g/mol. The molecule has 0 saturated heterocycles. The molecule has 136 valence electrons. The number of anilines is 1. The predicted octanol–water partition coefficient (Wildman–Crippen LogP) is 3.06. The molecule has 0 aliphatic heterocycles. The van der Waals surface area contributed by atoms with E-state index in [4.69, 9.17) is 5.73 Å². The number of carbonyl (C=O) groups excluding carboxylic acids is 1. The van der Waals surface area contributed by atoms with E-state index in [9.17, 15) is 4.79 Å². The average Bonchev–Trinajstić information content (AvgIpc) is 3.30. The Kier molecular flexibility index (Phi) is 3.75. The summed E-state index contributed by atoms with van der Waals surface area (Å²) < 4.78 is 1.77. The van der Waals surface area contributed by atoms with Gasteiger partial charge in [0.2, 0.25) is 0 Å². The van der Waals surface area contributed by atoms with Crippen LogP contribution in [0.2, 0.25) is 0 Å². The van der Waals surface area contributed by atoms with E-state index in [1.54, 1.807) is 16.9 Å². The molecule has 0 radical (unpaired) electrons. The average molecular weight is 352 g/mol. The molecule has 1 amide bonds. The SMILES string of the molecule is CC1CC[C@@H](Nc2c(C(N)=O)cnn3cc(-c4ccn[nH]4)cc23)C1(C)C. The Hall–Kier alpha value is -2.83. The number of aromatic nitrogens is 4. The van der Waals surface area contributed by atoms with Crippen molar-refractivity contribution in [2.75, 3.05) is 5.32 Å². The first kappa shape index (κ1) is 16.6. The molecule has 3 aromatic rings. The van der Waals surface area contributed by atoms with Crippen LogP contribution in [0.1, 0.15) is 44.0 Å². The molecule has 7 nitrogen and oxygen atoms in total. The Bertz CT molecular complexity index is 956. The summed E-state index contributed by atoms with van der Waals surface area (Å²) in [5.74, 6) is 0.137. The standard InChI is InChI=1S/C19H24N6O/c1-11-4-5-16(19(11,2)3)23-17-13(18(20)26)9-22-25-10-12(8-15(17)25)14-6-7-21-24-14/h6-11,16,23H,4-5H2,1-3H3,(H2,20,26)(H,21,24)/t11?,16-/m1/s1. The fourth-order valence-electron chi connectivity index (χ4n) is 3.90. The summed E-state index contributed by atoms with van der Waals surface area (Å²) in [4.78, 5) is 12.0. The molecule has 4 N–H and O–H groups in total. The van der Waals surface area contributed by atoms with E-state index in [1.807, 2.05) is 18.3 Å². The number of nitrogens with one attached hydrogen (secondary N) is 2. The van der Waals surface area contributed by atoms with Gasteiger partial charge in [0.25, 0.3) is 5.91 Å². The van der Waals surface area contributed by atoms with Gasteiger partial charge in [0.15, 0.2) is 0 Å². The molecular weight excluding hydrogens is 328 g/mol. The number of rotatable bonds is 4. The number of H-pyrrole nitrogens is 1. The lowest BCUT2D eigenvalue weighted by Crippen LogP contribution is -2.35. The summed E-state index contributed by atoms with van der Waals surface area (Å²) in [7, 11) is 0. The van der Waals surface area contributed by atoms with E-state index in [-0.39, 0.29) is 11.5 Å². The second kappa shape index (κ2) is 5.86. The van der Waals surface area contributed by atoms with E-state index < -0.39 is 5.91 Å². The molecule has 26 heavy (non-hydrogen) atoms. The van der Waals surface area contributed by atoms with Crippen molar-refractivity contribution in [2.24, 2.45) is 17.1 Å².